The quantitative estimate of drug-likeness (QED) is 0.300. The number of aryl methyl sites for hydroxylation is 3. The Bertz CT molecular complexity index is 1900. The Morgan fingerprint density at radius 1 is 0.923 bits per heavy atom. The fraction of sp³-hybridized carbons (Fsp3) is 0.161. The standard InChI is InChI=1S/C31H23N3O4S/c1-17-9-8-10-20(15-17)16-33-23-13-6-5-12-22(23)31(29(33)37)25-26(35)21-11-4-7-14-24(21)38-27(25)28(36)34(31)30-32-18(2)19(3)39-30/h4-15H,16H2,1-3H3. The fourth-order valence-corrected chi connectivity index (χ4v) is 6.77. The number of aromatic nitrogens is 1. The van der Waals surface area contributed by atoms with E-state index in [9.17, 15) is 14.4 Å². The molecule has 0 radical (unpaired) electrons. The van der Waals surface area contributed by atoms with E-state index >= 15 is 0 Å². The maximum atomic E-state index is 14.9. The number of rotatable bonds is 3. The fourth-order valence-electron chi connectivity index (χ4n) is 5.81. The molecule has 1 spiro atoms. The van der Waals surface area contributed by atoms with Crippen molar-refractivity contribution < 1.29 is 14.0 Å². The van der Waals surface area contributed by atoms with Gasteiger partial charge in [0, 0.05) is 10.4 Å². The van der Waals surface area contributed by atoms with Crippen LogP contribution in [0, 0.1) is 20.8 Å². The second-order valence-electron chi connectivity index (χ2n) is 10.0. The molecule has 2 aliphatic heterocycles. The highest BCUT2D eigenvalue weighted by molar-refractivity contribution is 7.16. The van der Waals surface area contributed by atoms with Gasteiger partial charge in [0.25, 0.3) is 11.8 Å². The molecule has 5 aromatic rings. The van der Waals surface area contributed by atoms with Crippen molar-refractivity contribution in [3.8, 4) is 0 Å². The zero-order valence-electron chi connectivity index (χ0n) is 21.5. The normalized spacial score (nSPS) is 17.9. The van der Waals surface area contributed by atoms with Crippen molar-refractivity contribution in [3.05, 3.63) is 122 Å². The molecule has 3 aromatic carbocycles. The maximum Gasteiger partial charge on any atom is 0.297 e. The molecule has 192 valence electrons. The summed E-state index contributed by atoms with van der Waals surface area (Å²) in [5.74, 6) is -1.06. The summed E-state index contributed by atoms with van der Waals surface area (Å²) in [5, 5.41) is 0.671. The van der Waals surface area contributed by atoms with Crippen LogP contribution in [0.2, 0.25) is 0 Å². The first kappa shape index (κ1) is 23.5. The minimum Gasteiger partial charge on any atom is -0.450 e. The smallest absolute Gasteiger partial charge is 0.297 e. The first-order chi connectivity index (χ1) is 18.8. The summed E-state index contributed by atoms with van der Waals surface area (Å²) in [5.41, 5.74) is 2.18. The lowest BCUT2D eigenvalue weighted by molar-refractivity contribution is -0.121. The number of benzene rings is 3. The van der Waals surface area contributed by atoms with Crippen LogP contribution in [-0.4, -0.2) is 16.8 Å². The van der Waals surface area contributed by atoms with Gasteiger partial charge < -0.3 is 9.32 Å². The highest BCUT2D eigenvalue weighted by atomic mass is 32.1. The van der Waals surface area contributed by atoms with Crippen molar-refractivity contribution in [1.29, 1.82) is 0 Å². The zero-order valence-corrected chi connectivity index (χ0v) is 22.3. The third-order valence-corrected chi connectivity index (χ3v) is 8.72. The summed E-state index contributed by atoms with van der Waals surface area (Å²) in [4.78, 5) is 52.0. The second-order valence-corrected chi connectivity index (χ2v) is 11.2. The Morgan fingerprint density at radius 2 is 1.69 bits per heavy atom. The van der Waals surface area contributed by atoms with E-state index in [4.69, 9.17) is 4.42 Å². The lowest BCUT2D eigenvalue weighted by Crippen LogP contribution is -2.53. The number of hydrogen-bond donors (Lipinski definition) is 0. The SMILES string of the molecule is Cc1cccc(CN2C(=O)C3(c4ccccc42)c2c(oc4ccccc4c2=O)C(=O)N3c2nc(C)c(C)s2)c1. The molecule has 1 atom stereocenters. The average molecular weight is 534 g/mol. The van der Waals surface area contributed by atoms with E-state index in [-0.39, 0.29) is 23.8 Å². The van der Waals surface area contributed by atoms with E-state index in [1.807, 2.05) is 69.3 Å². The highest BCUT2D eigenvalue weighted by Crippen LogP contribution is 2.54. The number of thiazole rings is 1. The van der Waals surface area contributed by atoms with Crippen LogP contribution < -0.4 is 15.2 Å². The van der Waals surface area contributed by atoms with Crippen molar-refractivity contribution in [2.24, 2.45) is 0 Å². The van der Waals surface area contributed by atoms with Gasteiger partial charge in [-0.25, -0.2) is 4.98 Å². The Morgan fingerprint density at radius 3 is 2.46 bits per heavy atom. The van der Waals surface area contributed by atoms with Crippen LogP contribution in [0.15, 0.2) is 82.0 Å². The van der Waals surface area contributed by atoms with Crippen LogP contribution in [0.25, 0.3) is 11.0 Å². The molecule has 0 bridgehead atoms. The molecule has 0 saturated carbocycles. The van der Waals surface area contributed by atoms with E-state index in [1.54, 1.807) is 29.2 Å². The van der Waals surface area contributed by atoms with Crippen LogP contribution in [0.4, 0.5) is 10.8 Å². The lowest BCUT2D eigenvalue weighted by atomic mass is 9.84. The highest BCUT2D eigenvalue weighted by Gasteiger charge is 2.66. The number of carbonyl (C=O) groups excluding carboxylic acids is 2. The van der Waals surface area contributed by atoms with Gasteiger partial charge in [-0.05, 0) is 44.5 Å². The molecule has 0 saturated heterocycles. The molecule has 2 aliphatic rings. The Balaban J connectivity index is 1.56. The van der Waals surface area contributed by atoms with E-state index in [2.05, 4.69) is 4.98 Å². The molecule has 1 unspecified atom stereocenters. The minimum atomic E-state index is -1.74. The van der Waals surface area contributed by atoms with Gasteiger partial charge in [0.1, 0.15) is 5.58 Å². The third-order valence-electron chi connectivity index (χ3n) is 7.66. The van der Waals surface area contributed by atoms with E-state index in [0.717, 1.165) is 21.7 Å². The number of carbonyl (C=O) groups is 2. The molecule has 7 rings (SSSR count). The van der Waals surface area contributed by atoms with Gasteiger partial charge in [-0.1, -0.05) is 60.2 Å². The van der Waals surface area contributed by atoms with Crippen LogP contribution in [0.1, 0.15) is 43.4 Å². The van der Waals surface area contributed by atoms with Gasteiger partial charge in [0.2, 0.25) is 5.76 Å². The van der Waals surface area contributed by atoms with Gasteiger partial charge in [0.15, 0.2) is 16.1 Å². The Hall–Kier alpha value is -4.56. The molecule has 2 amide bonds. The summed E-state index contributed by atoms with van der Waals surface area (Å²) in [6, 6.07) is 22.1. The molecule has 8 heteroatoms. The second kappa shape index (κ2) is 8.22. The Kier molecular flexibility index (Phi) is 4.96. The van der Waals surface area contributed by atoms with Gasteiger partial charge in [-0.2, -0.15) is 0 Å². The monoisotopic (exact) mass is 533 g/mol. The first-order valence-corrected chi connectivity index (χ1v) is 13.5. The molecule has 2 aromatic heterocycles. The van der Waals surface area contributed by atoms with Crippen molar-refractivity contribution in [1.82, 2.24) is 4.98 Å². The first-order valence-electron chi connectivity index (χ1n) is 12.6. The molecular formula is C31H23N3O4S. The summed E-state index contributed by atoms with van der Waals surface area (Å²) < 4.78 is 6.12. The van der Waals surface area contributed by atoms with Gasteiger partial charge in [-0.15, -0.1) is 11.3 Å². The number of anilines is 2. The van der Waals surface area contributed by atoms with Gasteiger partial charge >= 0.3 is 0 Å². The largest absolute Gasteiger partial charge is 0.450 e. The molecular weight excluding hydrogens is 510 g/mol. The summed E-state index contributed by atoms with van der Waals surface area (Å²) in [7, 11) is 0. The third kappa shape index (κ3) is 3.09. The predicted octanol–water partition coefficient (Wildman–Crippen LogP) is 5.63. The molecule has 0 fully saturated rings. The molecule has 4 heterocycles. The maximum absolute atomic E-state index is 14.9. The lowest BCUT2D eigenvalue weighted by Gasteiger charge is -2.32. The van der Waals surface area contributed by atoms with Gasteiger partial charge in [0.05, 0.1) is 28.9 Å². The number of hydrogen-bond acceptors (Lipinski definition) is 6. The molecule has 7 nitrogen and oxygen atoms in total. The number of fused-ring (bicyclic) bond motifs is 5. The molecule has 0 N–H and O–H groups in total. The van der Waals surface area contributed by atoms with Crippen LogP contribution >= 0.6 is 11.3 Å². The topological polar surface area (TPSA) is 83.7 Å². The van der Waals surface area contributed by atoms with Crippen LogP contribution in [0.5, 0.6) is 0 Å². The van der Waals surface area contributed by atoms with Crippen LogP contribution in [0.3, 0.4) is 0 Å². The zero-order chi connectivity index (χ0) is 27.1. The van der Waals surface area contributed by atoms with Crippen molar-refractivity contribution in [3.63, 3.8) is 0 Å². The average Bonchev–Trinajstić information content (AvgIpc) is 3.48. The van der Waals surface area contributed by atoms with Crippen molar-refractivity contribution in [2.75, 3.05) is 9.80 Å². The van der Waals surface area contributed by atoms with Gasteiger partial charge in [-0.3, -0.25) is 19.3 Å². The van der Waals surface area contributed by atoms with Crippen molar-refractivity contribution >= 4 is 44.9 Å². The summed E-state index contributed by atoms with van der Waals surface area (Å²) in [6.07, 6.45) is 0. The van der Waals surface area contributed by atoms with E-state index < -0.39 is 16.9 Å². The number of amides is 2. The minimum absolute atomic E-state index is 0.0425. The number of nitrogens with zero attached hydrogens (tertiary/aromatic N) is 3. The van der Waals surface area contributed by atoms with E-state index in [0.29, 0.717) is 27.4 Å². The predicted molar refractivity (Wildman–Crippen MR) is 150 cm³/mol. The summed E-state index contributed by atoms with van der Waals surface area (Å²) >= 11 is 1.32. The molecule has 39 heavy (non-hydrogen) atoms. The molecule has 0 aliphatic carbocycles. The van der Waals surface area contributed by atoms with Crippen LogP contribution in [-0.2, 0) is 16.9 Å². The van der Waals surface area contributed by atoms with E-state index in [1.165, 1.54) is 16.2 Å². The summed E-state index contributed by atoms with van der Waals surface area (Å²) in [6.45, 7) is 6.07. The van der Waals surface area contributed by atoms with Crippen molar-refractivity contribution in [2.45, 2.75) is 32.9 Å². The Labute approximate surface area is 227 Å². The number of para-hydroxylation sites is 2.